The van der Waals surface area contributed by atoms with Crippen LogP contribution in [0.25, 0.3) is 0 Å². The third-order valence-corrected chi connectivity index (χ3v) is 6.66. The Kier molecular flexibility index (Phi) is 9.93. The summed E-state index contributed by atoms with van der Waals surface area (Å²) in [4.78, 5) is 12.5. The molecule has 2 aliphatic heterocycles. The molecule has 0 aromatic heterocycles. The van der Waals surface area contributed by atoms with Crippen LogP contribution < -0.4 is 20.3 Å². The van der Waals surface area contributed by atoms with Crippen molar-refractivity contribution in [3.05, 3.63) is 24.3 Å². The van der Waals surface area contributed by atoms with Crippen LogP contribution in [0.15, 0.2) is 29.3 Å². The van der Waals surface area contributed by atoms with E-state index in [1.165, 1.54) is 31.6 Å². The third-order valence-electron chi connectivity index (χ3n) is 6.66. The van der Waals surface area contributed by atoms with Crippen molar-refractivity contribution in [2.24, 2.45) is 4.99 Å². The van der Waals surface area contributed by atoms with E-state index in [2.05, 4.69) is 58.2 Å². The summed E-state index contributed by atoms with van der Waals surface area (Å²) >= 11 is 0. The highest BCUT2D eigenvalue weighted by Crippen LogP contribution is 2.20. The van der Waals surface area contributed by atoms with Gasteiger partial charge in [0, 0.05) is 76.7 Å². The number of piperazine rings is 1. The van der Waals surface area contributed by atoms with Crippen LogP contribution in [0.5, 0.6) is 5.75 Å². The summed E-state index contributed by atoms with van der Waals surface area (Å²) in [5.41, 5.74) is 1.29. The molecule has 0 atom stereocenters. The number of rotatable bonds is 9. The molecule has 0 saturated carbocycles. The number of hydrogen-bond acceptors (Lipinski definition) is 5. The van der Waals surface area contributed by atoms with E-state index in [1.54, 1.807) is 7.11 Å². The molecule has 2 heterocycles. The lowest BCUT2D eigenvalue weighted by Crippen LogP contribution is -2.50. The zero-order valence-corrected chi connectivity index (χ0v) is 20.6. The second-order valence-electron chi connectivity index (χ2n) is 9.19. The monoisotopic (exact) mass is 444 g/mol. The third kappa shape index (κ3) is 7.55. The first kappa shape index (κ1) is 24.6. The zero-order valence-electron chi connectivity index (χ0n) is 20.6. The number of methoxy groups -OCH3 is 1. The van der Waals surface area contributed by atoms with Crippen molar-refractivity contribution in [1.29, 1.82) is 0 Å². The molecule has 0 bridgehead atoms. The quantitative estimate of drug-likeness (QED) is 0.347. The largest absolute Gasteiger partial charge is 0.497 e. The van der Waals surface area contributed by atoms with E-state index in [-0.39, 0.29) is 0 Å². The summed E-state index contributed by atoms with van der Waals surface area (Å²) in [6, 6.07) is 9.59. The number of likely N-dealkylation sites (tertiary alicyclic amines) is 1. The molecule has 2 saturated heterocycles. The fourth-order valence-electron chi connectivity index (χ4n) is 4.58. The Morgan fingerprint density at radius 2 is 1.75 bits per heavy atom. The molecule has 180 valence electrons. The first-order valence-corrected chi connectivity index (χ1v) is 12.5. The van der Waals surface area contributed by atoms with Crippen LogP contribution in [0.2, 0.25) is 0 Å². The van der Waals surface area contributed by atoms with Crippen LogP contribution in [0.1, 0.15) is 40.0 Å². The molecule has 7 heteroatoms. The topological polar surface area (TPSA) is 55.4 Å². The van der Waals surface area contributed by atoms with Crippen molar-refractivity contribution in [2.45, 2.75) is 52.1 Å². The molecular weight excluding hydrogens is 400 g/mol. The minimum atomic E-state index is 0.536. The number of ether oxygens (including phenoxy) is 1. The molecule has 3 rings (SSSR count). The fourth-order valence-corrected chi connectivity index (χ4v) is 4.58. The molecular formula is C25H44N6O. The van der Waals surface area contributed by atoms with E-state index < -0.39 is 0 Å². The van der Waals surface area contributed by atoms with Crippen molar-refractivity contribution in [2.75, 3.05) is 70.9 Å². The van der Waals surface area contributed by atoms with Crippen LogP contribution in [0, 0.1) is 0 Å². The standard InChI is InChI=1S/C25H44N6O/c1-5-26-25(28-22-11-15-30(16-12-22)21(2)3)27-13-6-14-29-17-19-31(20-18-29)23-7-9-24(32-4)10-8-23/h7-10,21-22H,5-6,11-20H2,1-4H3,(H2,26,27,28). The number of guanidine groups is 1. The maximum Gasteiger partial charge on any atom is 0.191 e. The minimum absolute atomic E-state index is 0.536. The van der Waals surface area contributed by atoms with Crippen molar-refractivity contribution in [1.82, 2.24) is 20.4 Å². The first-order chi connectivity index (χ1) is 15.6. The molecule has 0 aliphatic carbocycles. The molecule has 7 nitrogen and oxygen atoms in total. The van der Waals surface area contributed by atoms with Gasteiger partial charge in [-0.05, 0) is 64.3 Å². The predicted octanol–water partition coefficient (Wildman–Crippen LogP) is 2.64. The van der Waals surface area contributed by atoms with Gasteiger partial charge in [-0.15, -0.1) is 0 Å². The van der Waals surface area contributed by atoms with Crippen LogP contribution in [-0.2, 0) is 0 Å². The molecule has 1 aromatic rings. The Bertz CT molecular complexity index is 676. The van der Waals surface area contributed by atoms with Crippen molar-refractivity contribution >= 4 is 11.6 Å². The van der Waals surface area contributed by atoms with Crippen LogP contribution in [0.4, 0.5) is 5.69 Å². The number of aliphatic imine (C=N–C) groups is 1. The summed E-state index contributed by atoms with van der Waals surface area (Å²) in [6.07, 6.45) is 3.49. The molecule has 32 heavy (non-hydrogen) atoms. The Balaban J connectivity index is 1.35. The second kappa shape index (κ2) is 12.9. The van der Waals surface area contributed by atoms with Gasteiger partial charge in [0.25, 0.3) is 0 Å². The highest BCUT2D eigenvalue weighted by Gasteiger charge is 2.21. The number of nitrogens with zero attached hydrogens (tertiary/aromatic N) is 4. The van der Waals surface area contributed by atoms with Gasteiger partial charge in [-0.3, -0.25) is 9.89 Å². The smallest absolute Gasteiger partial charge is 0.191 e. The average Bonchev–Trinajstić information content (AvgIpc) is 2.83. The minimum Gasteiger partial charge on any atom is -0.497 e. The molecule has 2 aliphatic rings. The maximum absolute atomic E-state index is 5.27. The van der Waals surface area contributed by atoms with Crippen molar-refractivity contribution in [3.63, 3.8) is 0 Å². The maximum atomic E-state index is 5.27. The van der Waals surface area contributed by atoms with Crippen molar-refractivity contribution in [3.8, 4) is 5.75 Å². The predicted molar refractivity (Wildman–Crippen MR) is 135 cm³/mol. The Morgan fingerprint density at radius 3 is 2.34 bits per heavy atom. The highest BCUT2D eigenvalue weighted by molar-refractivity contribution is 5.80. The van der Waals surface area contributed by atoms with Crippen molar-refractivity contribution < 1.29 is 4.74 Å². The normalized spacial score (nSPS) is 19.4. The van der Waals surface area contributed by atoms with Gasteiger partial charge in [0.15, 0.2) is 5.96 Å². The van der Waals surface area contributed by atoms with Gasteiger partial charge in [0.2, 0.25) is 0 Å². The van der Waals surface area contributed by atoms with E-state index in [0.29, 0.717) is 12.1 Å². The van der Waals surface area contributed by atoms with Crippen LogP contribution in [-0.4, -0.2) is 93.9 Å². The second-order valence-corrected chi connectivity index (χ2v) is 9.19. The summed E-state index contributed by atoms with van der Waals surface area (Å²) in [6.45, 7) is 16.4. The molecule has 0 unspecified atom stereocenters. The first-order valence-electron chi connectivity index (χ1n) is 12.5. The summed E-state index contributed by atoms with van der Waals surface area (Å²) in [5.74, 6) is 1.90. The Morgan fingerprint density at radius 1 is 1.06 bits per heavy atom. The molecule has 0 amide bonds. The highest BCUT2D eigenvalue weighted by atomic mass is 16.5. The molecule has 0 radical (unpaired) electrons. The van der Waals surface area contributed by atoms with E-state index in [1.807, 2.05) is 12.1 Å². The van der Waals surface area contributed by atoms with Crippen LogP contribution >= 0.6 is 0 Å². The Labute approximate surface area is 195 Å². The van der Waals surface area contributed by atoms with Gasteiger partial charge in [-0.1, -0.05) is 0 Å². The van der Waals surface area contributed by atoms with Gasteiger partial charge in [-0.2, -0.15) is 0 Å². The van der Waals surface area contributed by atoms with Gasteiger partial charge >= 0.3 is 0 Å². The SMILES string of the molecule is CCNC(=NCCCN1CCN(c2ccc(OC)cc2)CC1)NC1CCN(C(C)C)CC1. The summed E-state index contributed by atoms with van der Waals surface area (Å²) in [7, 11) is 1.71. The average molecular weight is 445 g/mol. The molecule has 2 fully saturated rings. The Hall–Kier alpha value is -1.99. The van der Waals surface area contributed by atoms with E-state index in [4.69, 9.17) is 9.73 Å². The lowest BCUT2D eigenvalue weighted by molar-refractivity contribution is 0.167. The van der Waals surface area contributed by atoms with Gasteiger partial charge < -0.3 is 25.2 Å². The number of hydrogen-bond donors (Lipinski definition) is 2. The van der Waals surface area contributed by atoms with E-state index in [9.17, 15) is 0 Å². The summed E-state index contributed by atoms with van der Waals surface area (Å²) in [5, 5.41) is 7.10. The number of benzene rings is 1. The lowest BCUT2D eigenvalue weighted by Gasteiger charge is -2.36. The van der Waals surface area contributed by atoms with E-state index >= 15 is 0 Å². The fraction of sp³-hybridized carbons (Fsp3) is 0.720. The van der Waals surface area contributed by atoms with Gasteiger partial charge in [0.1, 0.15) is 5.75 Å². The number of nitrogens with one attached hydrogen (secondary N) is 2. The van der Waals surface area contributed by atoms with Gasteiger partial charge in [-0.25, -0.2) is 0 Å². The summed E-state index contributed by atoms with van der Waals surface area (Å²) < 4.78 is 5.27. The molecule has 0 spiro atoms. The lowest BCUT2D eigenvalue weighted by atomic mass is 10.0. The number of anilines is 1. The van der Waals surface area contributed by atoms with Crippen LogP contribution in [0.3, 0.4) is 0 Å². The van der Waals surface area contributed by atoms with E-state index in [0.717, 1.165) is 63.9 Å². The molecule has 2 N–H and O–H groups in total. The van der Waals surface area contributed by atoms with Gasteiger partial charge in [0.05, 0.1) is 7.11 Å². The zero-order chi connectivity index (χ0) is 22.8. The molecule has 1 aromatic carbocycles. The number of piperidine rings is 1.